The molecule has 0 aromatic heterocycles. The highest BCUT2D eigenvalue weighted by molar-refractivity contribution is 6.02. The molecule has 1 heterocycles. The highest BCUT2D eigenvalue weighted by Crippen LogP contribution is 2.27. The Bertz CT molecular complexity index is 839. The van der Waals surface area contributed by atoms with Crippen LogP contribution in [0.25, 0.3) is 0 Å². The smallest absolute Gasteiger partial charge is 0.311 e. The molecule has 25 heavy (non-hydrogen) atoms. The van der Waals surface area contributed by atoms with Gasteiger partial charge in [-0.15, -0.1) is 0 Å². The van der Waals surface area contributed by atoms with Crippen LogP contribution in [0.5, 0.6) is 5.75 Å². The maximum absolute atomic E-state index is 13.3. The largest absolute Gasteiger partial charge is 0.477 e. The van der Waals surface area contributed by atoms with Gasteiger partial charge in [0.15, 0.2) is 6.61 Å². The van der Waals surface area contributed by atoms with Crippen molar-refractivity contribution in [2.45, 2.75) is 6.42 Å². The molecular formula is C17H14FN3O4. The van der Waals surface area contributed by atoms with Crippen LogP contribution in [-0.2, 0) is 4.79 Å². The number of carbonyl (C=O) groups excluding carboxylic acids is 1. The summed E-state index contributed by atoms with van der Waals surface area (Å²) in [5.74, 6) is -1.42. The lowest BCUT2D eigenvalue weighted by Crippen LogP contribution is -2.29. The first-order valence-electron chi connectivity index (χ1n) is 7.54. The molecule has 128 valence electrons. The van der Waals surface area contributed by atoms with Crippen molar-refractivity contribution in [1.82, 2.24) is 5.01 Å². The molecule has 7 nitrogen and oxygen atoms in total. The Kier molecular flexibility index (Phi) is 4.69. The van der Waals surface area contributed by atoms with Gasteiger partial charge < -0.3 is 4.74 Å². The maximum atomic E-state index is 13.3. The number of hydrazone groups is 1. The van der Waals surface area contributed by atoms with Crippen molar-refractivity contribution in [2.75, 3.05) is 13.2 Å². The number of benzene rings is 2. The van der Waals surface area contributed by atoms with Gasteiger partial charge in [0.05, 0.1) is 17.2 Å². The van der Waals surface area contributed by atoms with E-state index in [9.17, 15) is 19.3 Å². The Labute approximate surface area is 142 Å². The van der Waals surface area contributed by atoms with Crippen LogP contribution in [0, 0.1) is 15.9 Å². The molecule has 0 atom stereocenters. The number of nitro groups is 1. The molecule has 0 fully saturated rings. The van der Waals surface area contributed by atoms with Crippen LogP contribution in [0.2, 0.25) is 0 Å². The van der Waals surface area contributed by atoms with Gasteiger partial charge in [0.25, 0.3) is 5.91 Å². The second kappa shape index (κ2) is 7.08. The first-order chi connectivity index (χ1) is 12.0. The first-order valence-corrected chi connectivity index (χ1v) is 7.54. The molecule has 1 amide bonds. The minimum absolute atomic E-state index is 0.287. The molecule has 2 aromatic rings. The quantitative estimate of drug-likeness (QED) is 0.617. The standard InChI is InChI=1S/C17H14FN3O4/c18-13-6-7-15(21(23)24)16(10-13)25-11-17(22)20-9-8-14(19-20)12-4-2-1-3-5-12/h1-7,10H,8-9,11H2. The zero-order valence-corrected chi connectivity index (χ0v) is 13.1. The Hall–Kier alpha value is -3.29. The van der Waals surface area contributed by atoms with E-state index < -0.39 is 28.9 Å². The molecular weight excluding hydrogens is 329 g/mol. The zero-order chi connectivity index (χ0) is 17.8. The van der Waals surface area contributed by atoms with Crippen LogP contribution in [-0.4, -0.2) is 34.7 Å². The van der Waals surface area contributed by atoms with Crippen molar-refractivity contribution in [3.05, 3.63) is 70.0 Å². The van der Waals surface area contributed by atoms with E-state index in [4.69, 9.17) is 4.74 Å². The summed E-state index contributed by atoms with van der Waals surface area (Å²) in [5, 5.41) is 16.4. The van der Waals surface area contributed by atoms with E-state index in [0.717, 1.165) is 29.5 Å². The van der Waals surface area contributed by atoms with Gasteiger partial charge in [-0.1, -0.05) is 30.3 Å². The Morgan fingerprint density at radius 3 is 2.76 bits per heavy atom. The van der Waals surface area contributed by atoms with Crippen molar-refractivity contribution < 1.29 is 18.8 Å². The number of nitrogens with zero attached hydrogens (tertiary/aromatic N) is 3. The minimum Gasteiger partial charge on any atom is -0.477 e. The van der Waals surface area contributed by atoms with E-state index in [2.05, 4.69) is 5.10 Å². The molecule has 0 spiro atoms. The number of ether oxygens (including phenoxy) is 1. The third-order valence-corrected chi connectivity index (χ3v) is 3.67. The molecule has 2 aromatic carbocycles. The van der Waals surface area contributed by atoms with Crippen LogP contribution in [0.15, 0.2) is 53.6 Å². The molecule has 0 saturated heterocycles. The van der Waals surface area contributed by atoms with Crippen molar-refractivity contribution in [3.63, 3.8) is 0 Å². The van der Waals surface area contributed by atoms with Gasteiger partial charge in [-0.2, -0.15) is 5.10 Å². The molecule has 0 bridgehead atoms. The van der Waals surface area contributed by atoms with Crippen LogP contribution >= 0.6 is 0 Å². The summed E-state index contributed by atoms with van der Waals surface area (Å²) in [4.78, 5) is 22.4. The fourth-order valence-electron chi connectivity index (χ4n) is 2.44. The van der Waals surface area contributed by atoms with Gasteiger partial charge in [-0.05, 0) is 11.6 Å². The van der Waals surface area contributed by atoms with Gasteiger partial charge in [-0.3, -0.25) is 14.9 Å². The number of rotatable bonds is 5. The summed E-state index contributed by atoms with van der Waals surface area (Å²) in [6.07, 6.45) is 0.607. The van der Waals surface area contributed by atoms with E-state index >= 15 is 0 Å². The zero-order valence-electron chi connectivity index (χ0n) is 13.1. The summed E-state index contributed by atoms with van der Waals surface area (Å²) in [6, 6.07) is 12.3. The van der Waals surface area contributed by atoms with E-state index in [1.807, 2.05) is 30.3 Å². The van der Waals surface area contributed by atoms with Gasteiger partial charge in [-0.25, -0.2) is 9.40 Å². The predicted molar refractivity (Wildman–Crippen MR) is 87.9 cm³/mol. The number of amides is 1. The predicted octanol–water partition coefficient (Wildman–Crippen LogP) is 2.75. The van der Waals surface area contributed by atoms with Crippen molar-refractivity contribution in [2.24, 2.45) is 5.10 Å². The topological polar surface area (TPSA) is 85.0 Å². The fourth-order valence-corrected chi connectivity index (χ4v) is 2.44. The molecule has 3 rings (SSSR count). The van der Waals surface area contributed by atoms with Crippen LogP contribution in [0.1, 0.15) is 12.0 Å². The third kappa shape index (κ3) is 3.79. The van der Waals surface area contributed by atoms with Crippen molar-refractivity contribution in [1.29, 1.82) is 0 Å². The monoisotopic (exact) mass is 343 g/mol. The highest BCUT2D eigenvalue weighted by Gasteiger charge is 2.23. The summed E-state index contributed by atoms with van der Waals surface area (Å²) in [6.45, 7) is -0.0620. The lowest BCUT2D eigenvalue weighted by atomic mass is 10.1. The van der Waals surface area contributed by atoms with Crippen molar-refractivity contribution in [3.8, 4) is 5.75 Å². The molecule has 1 aliphatic heterocycles. The molecule has 0 unspecified atom stereocenters. The molecule has 0 saturated carbocycles. The van der Waals surface area contributed by atoms with Gasteiger partial charge >= 0.3 is 5.69 Å². The van der Waals surface area contributed by atoms with Crippen LogP contribution in [0.4, 0.5) is 10.1 Å². The van der Waals surface area contributed by atoms with E-state index in [0.29, 0.717) is 13.0 Å². The highest BCUT2D eigenvalue weighted by atomic mass is 19.1. The molecule has 0 N–H and O–H groups in total. The third-order valence-electron chi connectivity index (χ3n) is 3.67. The van der Waals surface area contributed by atoms with Gasteiger partial charge in [0.2, 0.25) is 5.75 Å². The van der Waals surface area contributed by atoms with Gasteiger partial charge in [0, 0.05) is 18.6 Å². The molecule has 8 heteroatoms. The summed E-state index contributed by atoms with van der Waals surface area (Å²) < 4.78 is 18.4. The molecule has 0 aliphatic carbocycles. The fraction of sp³-hybridized carbons (Fsp3) is 0.176. The number of nitro benzene ring substituents is 1. The number of halogens is 1. The Balaban J connectivity index is 1.67. The molecule has 0 radical (unpaired) electrons. The number of hydrogen-bond donors (Lipinski definition) is 0. The average molecular weight is 343 g/mol. The lowest BCUT2D eigenvalue weighted by molar-refractivity contribution is -0.385. The SMILES string of the molecule is O=C(COc1cc(F)ccc1[N+](=O)[O-])N1CCC(c2ccccc2)=N1. The summed E-state index contributed by atoms with van der Waals surface area (Å²) in [5.41, 5.74) is 1.31. The minimum atomic E-state index is -0.694. The normalized spacial score (nSPS) is 13.5. The Morgan fingerprint density at radius 1 is 1.28 bits per heavy atom. The van der Waals surface area contributed by atoms with E-state index in [1.54, 1.807) is 0 Å². The molecule has 1 aliphatic rings. The van der Waals surface area contributed by atoms with E-state index in [-0.39, 0.29) is 5.75 Å². The number of hydrogen-bond acceptors (Lipinski definition) is 5. The summed E-state index contributed by atoms with van der Waals surface area (Å²) in [7, 11) is 0. The van der Waals surface area contributed by atoms with Crippen LogP contribution < -0.4 is 4.74 Å². The second-order valence-corrected chi connectivity index (χ2v) is 5.34. The summed E-state index contributed by atoms with van der Waals surface area (Å²) >= 11 is 0. The number of carbonyl (C=O) groups is 1. The second-order valence-electron chi connectivity index (χ2n) is 5.34. The van der Waals surface area contributed by atoms with Crippen LogP contribution in [0.3, 0.4) is 0 Å². The average Bonchev–Trinajstić information content (AvgIpc) is 3.10. The maximum Gasteiger partial charge on any atom is 0.311 e. The van der Waals surface area contributed by atoms with Crippen molar-refractivity contribution >= 4 is 17.3 Å². The lowest BCUT2D eigenvalue weighted by Gasteiger charge is -2.12. The van der Waals surface area contributed by atoms with Gasteiger partial charge in [0.1, 0.15) is 5.82 Å². The first kappa shape index (κ1) is 16.6. The van der Waals surface area contributed by atoms with E-state index in [1.165, 1.54) is 5.01 Å². The Morgan fingerprint density at radius 2 is 2.04 bits per heavy atom.